The van der Waals surface area contributed by atoms with Crippen molar-refractivity contribution in [3.8, 4) is 5.75 Å². The molecule has 2 N–H and O–H groups in total. The number of nitrogens with one attached hydrogen (secondary N) is 1. The second-order valence-corrected chi connectivity index (χ2v) is 4.10. The summed E-state index contributed by atoms with van der Waals surface area (Å²) in [6.07, 6.45) is 1.48. The van der Waals surface area contributed by atoms with E-state index in [0.29, 0.717) is 19.6 Å². The maximum atomic E-state index is 11.0. The molecular weight excluding hydrogens is 230 g/mol. The van der Waals surface area contributed by atoms with Crippen LogP contribution in [-0.2, 0) is 11.3 Å². The van der Waals surface area contributed by atoms with Crippen LogP contribution in [0.3, 0.4) is 0 Å². The Labute approximate surface area is 108 Å². The molecule has 100 valence electrons. The molecule has 0 saturated carbocycles. The number of hydrogen-bond donors (Lipinski definition) is 2. The molecule has 0 saturated heterocycles. The second kappa shape index (κ2) is 7.71. The first-order valence-corrected chi connectivity index (χ1v) is 6.35. The van der Waals surface area contributed by atoms with Crippen molar-refractivity contribution < 1.29 is 14.6 Å². The molecule has 0 bridgehead atoms. The third-order valence-electron chi connectivity index (χ3n) is 2.69. The van der Waals surface area contributed by atoms with Gasteiger partial charge in [-0.1, -0.05) is 31.5 Å². The minimum absolute atomic E-state index is 0.496. The van der Waals surface area contributed by atoms with E-state index in [-0.39, 0.29) is 0 Å². The van der Waals surface area contributed by atoms with Crippen molar-refractivity contribution in [3.63, 3.8) is 0 Å². The van der Waals surface area contributed by atoms with Gasteiger partial charge in [0.05, 0.1) is 6.61 Å². The first-order valence-electron chi connectivity index (χ1n) is 6.35. The summed E-state index contributed by atoms with van der Waals surface area (Å²) >= 11 is 0. The molecule has 1 aromatic rings. The number of carbonyl (C=O) groups is 1. The molecule has 0 aliphatic heterocycles. The maximum Gasteiger partial charge on any atom is 0.320 e. The number of hydrogen-bond acceptors (Lipinski definition) is 3. The molecule has 0 radical (unpaired) electrons. The zero-order chi connectivity index (χ0) is 13.4. The van der Waals surface area contributed by atoms with Crippen molar-refractivity contribution >= 4 is 5.97 Å². The Balaban J connectivity index is 2.63. The molecule has 4 heteroatoms. The fraction of sp³-hybridized carbons (Fsp3) is 0.500. The highest BCUT2D eigenvalue weighted by Gasteiger charge is 2.15. The Kier molecular flexibility index (Phi) is 6.22. The SMILES string of the molecule is CCCC(NCc1ccccc1OCC)C(=O)O. The summed E-state index contributed by atoms with van der Waals surface area (Å²) in [4.78, 5) is 11.0. The summed E-state index contributed by atoms with van der Waals surface area (Å²) in [7, 11) is 0. The van der Waals surface area contributed by atoms with Gasteiger partial charge in [-0.3, -0.25) is 4.79 Å². The monoisotopic (exact) mass is 251 g/mol. The number of benzene rings is 1. The zero-order valence-electron chi connectivity index (χ0n) is 11.0. The predicted molar refractivity (Wildman–Crippen MR) is 70.8 cm³/mol. The largest absolute Gasteiger partial charge is 0.494 e. The molecule has 0 aliphatic carbocycles. The molecule has 0 amide bonds. The Morgan fingerprint density at radius 2 is 2.11 bits per heavy atom. The van der Waals surface area contributed by atoms with Crippen molar-refractivity contribution in [2.75, 3.05) is 6.61 Å². The summed E-state index contributed by atoms with van der Waals surface area (Å²) in [6.45, 7) is 5.02. The van der Waals surface area contributed by atoms with Gasteiger partial charge < -0.3 is 15.2 Å². The van der Waals surface area contributed by atoms with Crippen molar-refractivity contribution in [2.45, 2.75) is 39.3 Å². The molecule has 0 spiro atoms. The van der Waals surface area contributed by atoms with Gasteiger partial charge in [0.2, 0.25) is 0 Å². The van der Waals surface area contributed by atoms with Crippen LogP contribution in [-0.4, -0.2) is 23.7 Å². The molecular formula is C14H21NO3. The topological polar surface area (TPSA) is 58.6 Å². The molecule has 1 unspecified atom stereocenters. The molecule has 0 aliphatic rings. The maximum absolute atomic E-state index is 11.0. The number of rotatable bonds is 8. The number of carboxylic acids is 1. The second-order valence-electron chi connectivity index (χ2n) is 4.10. The molecule has 4 nitrogen and oxygen atoms in total. The van der Waals surface area contributed by atoms with Gasteiger partial charge in [0, 0.05) is 12.1 Å². The molecule has 18 heavy (non-hydrogen) atoms. The third-order valence-corrected chi connectivity index (χ3v) is 2.69. The highest BCUT2D eigenvalue weighted by Crippen LogP contribution is 2.17. The van der Waals surface area contributed by atoms with Crippen molar-refractivity contribution in [1.82, 2.24) is 5.32 Å². The lowest BCUT2D eigenvalue weighted by molar-refractivity contribution is -0.139. The molecule has 1 rings (SSSR count). The number of para-hydroxylation sites is 1. The fourth-order valence-corrected chi connectivity index (χ4v) is 1.78. The van der Waals surface area contributed by atoms with Gasteiger partial charge in [-0.05, 0) is 19.4 Å². The van der Waals surface area contributed by atoms with Crippen LogP contribution < -0.4 is 10.1 Å². The van der Waals surface area contributed by atoms with E-state index in [1.54, 1.807) is 0 Å². The van der Waals surface area contributed by atoms with E-state index in [9.17, 15) is 4.79 Å². The van der Waals surface area contributed by atoms with Crippen LogP contribution in [0.25, 0.3) is 0 Å². The van der Waals surface area contributed by atoms with Crippen LogP contribution in [0.15, 0.2) is 24.3 Å². The zero-order valence-corrected chi connectivity index (χ0v) is 11.0. The first-order chi connectivity index (χ1) is 8.69. The summed E-state index contributed by atoms with van der Waals surface area (Å²) in [5.74, 6) is 0.0129. The Hall–Kier alpha value is -1.55. The highest BCUT2D eigenvalue weighted by molar-refractivity contribution is 5.73. The fourth-order valence-electron chi connectivity index (χ4n) is 1.78. The Bertz CT molecular complexity index is 379. The van der Waals surface area contributed by atoms with E-state index in [1.807, 2.05) is 38.1 Å². The average molecular weight is 251 g/mol. The van der Waals surface area contributed by atoms with Crippen molar-refractivity contribution in [3.05, 3.63) is 29.8 Å². The van der Waals surface area contributed by atoms with Crippen LogP contribution >= 0.6 is 0 Å². The molecule has 0 heterocycles. The van der Waals surface area contributed by atoms with E-state index in [0.717, 1.165) is 17.7 Å². The van der Waals surface area contributed by atoms with Crippen LogP contribution in [0.1, 0.15) is 32.3 Å². The van der Waals surface area contributed by atoms with E-state index < -0.39 is 12.0 Å². The van der Waals surface area contributed by atoms with Crippen LogP contribution in [0.4, 0.5) is 0 Å². The molecule has 0 fully saturated rings. The smallest absolute Gasteiger partial charge is 0.320 e. The normalized spacial score (nSPS) is 12.1. The van der Waals surface area contributed by atoms with E-state index in [4.69, 9.17) is 9.84 Å². The van der Waals surface area contributed by atoms with E-state index in [1.165, 1.54) is 0 Å². The van der Waals surface area contributed by atoms with Gasteiger partial charge >= 0.3 is 5.97 Å². The lowest BCUT2D eigenvalue weighted by atomic mass is 10.1. The Morgan fingerprint density at radius 3 is 2.72 bits per heavy atom. The molecule has 1 aromatic carbocycles. The van der Waals surface area contributed by atoms with Gasteiger partial charge in [-0.2, -0.15) is 0 Å². The number of aliphatic carboxylic acids is 1. The lowest BCUT2D eigenvalue weighted by Crippen LogP contribution is -2.36. The van der Waals surface area contributed by atoms with Crippen LogP contribution in [0.2, 0.25) is 0 Å². The number of carboxylic acid groups (broad SMARTS) is 1. The molecule has 0 aromatic heterocycles. The summed E-state index contributed by atoms with van der Waals surface area (Å²) in [6, 6.07) is 7.19. The number of ether oxygens (including phenoxy) is 1. The van der Waals surface area contributed by atoms with Crippen molar-refractivity contribution in [1.29, 1.82) is 0 Å². The first kappa shape index (κ1) is 14.5. The lowest BCUT2D eigenvalue weighted by Gasteiger charge is -2.15. The highest BCUT2D eigenvalue weighted by atomic mass is 16.5. The predicted octanol–water partition coefficient (Wildman–Crippen LogP) is 2.43. The quantitative estimate of drug-likeness (QED) is 0.745. The van der Waals surface area contributed by atoms with Gasteiger partial charge in [-0.25, -0.2) is 0 Å². The van der Waals surface area contributed by atoms with Gasteiger partial charge in [-0.15, -0.1) is 0 Å². The van der Waals surface area contributed by atoms with E-state index >= 15 is 0 Å². The van der Waals surface area contributed by atoms with Gasteiger partial charge in [0.15, 0.2) is 0 Å². The molecule has 1 atom stereocenters. The minimum Gasteiger partial charge on any atom is -0.494 e. The van der Waals surface area contributed by atoms with Crippen LogP contribution in [0.5, 0.6) is 5.75 Å². The van der Waals surface area contributed by atoms with E-state index in [2.05, 4.69) is 5.32 Å². The van der Waals surface area contributed by atoms with Crippen molar-refractivity contribution in [2.24, 2.45) is 0 Å². The summed E-state index contributed by atoms with van der Waals surface area (Å²) < 4.78 is 5.50. The van der Waals surface area contributed by atoms with Crippen LogP contribution in [0, 0.1) is 0 Å². The van der Waals surface area contributed by atoms with Gasteiger partial charge in [0.25, 0.3) is 0 Å². The standard InChI is InChI=1S/C14H21NO3/c1-3-7-12(14(16)17)15-10-11-8-5-6-9-13(11)18-4-2/h5-6,8-9,12,15H,3-4,7,10H2,1-2H3,(H,16,17). The minimum atomic E-state index is -0.800. The third kappa shape index (κ3) is 4.37. The Morgan fingerprint density at radius 1 is 1.39 bits per heavy atom. The summed E-state index contributed by atoms with van der Waals surface area (Å²) in [5.41, 5.74) is 0.988. The van der Waals surface area contributed by atoms with Gasteiger partial charge in [0.1, 0.15) is 11.8 Å². The summed E-state index contributed by atoms with van der Waals surface area (Å²) in [5, 5.41) is 12.1. The average Bonchev–Trinajstić information content (AvgIpc) is 2.36.